The van der Waals surface area contributed by atoms with Crippen molar-refractivity contribution >= 4 is 40.0 Å². The topological polar surface area (TPSA) is 56.1 Å². The number of amides is 1. The fourth-order valence-electron chi connectivity index (χ4n) is 3.45. The number of ether oxygens (including phenoxy) is 1. The van der Waals surface area contributed by atoms with Crippen molar-refractivity contribution in [1.29, 1.82) is 0 Å². The van der Waals surface area contributed by atoms with Crippen molar-refractivity contribution < 1.29 is 9.53 Å². The zero-order valence-electron chi connectivity index (χ0n) is 17.4. The summed E-state index contributed by atoms with van der Waals surface area (Å²) in [5.74, 6) is 0.697. The predicted octanol–water partition coefficient (Wildman–Crippen LogP) is 5.13. The third-order valence-electron chi connectivity index (χ3n) is 4.96. The molecule has 0 spiro atoms. The van der Waals surface area contributed by atoms with Crippen LogP contribution in [0.25, 0.3) is 11.0 Å². The molecule has 4 aromatic rings. The molecular formula is C24H25N3O2S2. The van der Waals surface area contributed by atoms with Crippen molar-refractivity contribution in [3.8, 4) is 0 Å². The van der Waals surface area contributed by atoms with Crippen molar-refractivity contribution in [1.82, 2.24) is 14.9 Å². The van der Waals surface area contributed by atoms with E-state index < -0.39 is 0 Å². The highest BCUT2D eigenvalue weighted by atomic mass is 32.2. The molecule has 0 fully saturated rings. The highest BCUT2D eigenvalue weighted by Crippen LogP contribution is 2.27. The molecule has 1 amide bonds. The Balaban J connectivity index is 1.41. The Morgan fingerprint density at radius 1 is 1.13 bits per heavy atom. The molecule has 0 radical (unpaired) electrons. The van der Waals surface area contributed by atoms with Crippen LogP contribution >= 0.6 is 23.1 Å². The Bertz CT molecular complexity index is 1110. The molecule has 0 saturated carbocycles. The molecule has 4 rings (SSSR count). The second kappa shape index (κ2) is 10.6. The van der Waals surface area contributed by atoms with Crippen LogP contribution in [0.15, 0.2) is 77.3 Å². The number of para-hydroxylation sites is 2. The van der Waals surface area contributed by atoms with E-state index in [9.17, 15) is 4.79 Å². The summed E-state index contributed by atoms with van der Waals surface area (Å²) >= 11 is 3.27. The summed E-state index contributed by atoms with van der Waals surface area (Å²) in [5.41, 5.74) is 3.15. The van der Waals surface area contributed by atoms with Crippen LogP contribution in [0.4, 0.5) is 0 Å². The molecule has 0 saturated heterocycles. The monoisotopic (exact) mass is 451 g/mol. The minimum absolute atomic E-state index is 0.0364. The second-order valence-corrected chi connectivity index (χ2v) is 9.09. The van der Waals surface area contributed by atoms with Crippen LogP contribution in [0.2, 0.25) is 0 Å². The summed E-state index contributed by atoms with van der Waals surface area (Å²) in [5, 5.41) is 6.17. The maximum atomic E-state index is 12.8. The molecule has 0 aliphatic rings. The van der Waals surface area contributed by atoms with E-state index in [0.29, 0.717) is 18.8 Å². The zero-order chi connectivity index (χ0) is 21.5. The van der Waals surface area contributed by atoms with Gasteiger partial charge in [-0.1, -0.05) is 60.3 Å². The lowest BCUT2D eigenvalue weighted by atomic mass is 10.1. The molecule has 1 N–H and O–H groups in total. The van der Waals surface area contributed by atoms with Gasteiger partial charge in [0.15, 0.2) is 5.16 Å². The fourth-order valence-corrected chi connectivity index (χ4v) is 5.23. The Labute approximate surface area is 190 Å². The molecule has 7 heteroatoms. The number of methoxy groups -OCH3 is 1. The summed E-state index contributed by atoms with van der Waals surface area (Å²) in [6, 6.07) is 22.2. The first-order valence-corrected chi connectivity index (χ1v) is 12.1. The number of carbonyl (C=O) groups is 1. The van der Waals surface area contributed by atoms with Crippen molar-refractivity contribution in [2.75, 3.05) is 19.5 Å². The van der Waals surface area contributed by atoms with Crippen molar-refractivity contribution in [3.05, 3.63) is 82.6 Å². The molecule has 0 aliphatic carbocycles. The van der Waals surface area contributed by atoms with Gasteiger partial charge in [-0.3, -0.25) is 4.79 Å². The number of aromatic nitrogens is 2. The van der Waals surface area contributed by atoms with Crippen LogP contribution in [-0.4, -0.2) is 34.9 Å². The van der Waals surface area contributed by atoms with E-state index in [1.165, 1.54) is 0 Å². The minimum Gasteiger partial charge on any atom is -0.383 e. The van der Waals surface area contributed by atoms with Crippen LogP contribution in [-0.2, 0) is 16.1 Å². The molecule has 31 heavy (non-hydrogen) atoms. The molecule has 2 aromatic heterocycles. The maximum absolute atomic E-state index is 12.8. The number of thioether (sulfide) groups is 1. The number of imidazole rings is 1. The third-order valence-corrected chi connectivity index (χ3v) is 6.88. The number of fused-ring (bicyclic) bond motifs is 1. The van der Waals surface area contributed by atoms with Crippen LogP contribution in [0.3, 0.4) is 0 Å². The molecule has 5 nitrogen and oxygen atoms in total. The van der Waals surface area contributed by atoms with E-state index in [1.807, 2.05) is 47.8 Å². The van der Waals surface area contributed by atoms with Crippen LogP contribution in [0.1, 0.15) is 22.9 Å². The van der Waals surface area contributed by atoms with E-state index >= 15 is 0 Å². The summed E-state index contributed by atoms with van der Waals surface area (Å²) in [6.07, 6.45) is 0.423. The van der Waals surface area contributed by atoms with E-state index in [0.717, 1.165) is 33.2 Å². The summed E-state index contributed by atoms with van der Waals surface area (Å²) in [7, 11) is 1.70. The van der Waals surface area contributed by atoms with E-state index in [4.69, 9.17) is 9.72 Å². The van der Waals surface area contributed by atoms with Gasteiger partial charge in [0.05, 0.1) is 23.7 Å². The number of thiophene rings is 1. The summed E-state index contributed by atoms with van der Waals surface area (Å²) in [6.45, 7) is 1.36. The van der Waals surface area contributed by atoms with Gasteiger partial charge in [0.25, 0.3) is 0 Å². The Kier molecular flexibility index (Phi) is 7.40. The van der Waals surface area contributed by atoms with Crippen molar-refractivity contribution in [2.45, 2.75) is 24.2 Å². The number of nitrogens with zero attached hydrogens (tertiary/aromatic N) is 2. The minimum atomic E-state index is -0.120. The van der Waals surface area contributed by atoms with Crippen LogP contribution in [0, 0.1) is 0 Å². The Morgan fingerprint density at radius 3 is 2.71 bits per heavy atom. The van der Waals surface area contributed by atoms with Gasteiger partial charge in [-0.15, -0.1) is 11.3 Å². The lowest BCUT2D eigenvalue weighted by molar-refractivity contribution is -0.121. The first kappa shape index (κ1) is 21.6. The number of rotatable bonds is 10. The Hall–Kier alpha value is -2.61. The number of benzene rings is 2. The molecule has 1 unspecified atom stereocenters. The van der Waals surface area contributed by atoms with E-state index in [-0.39, 0.29) is 11.9 Å². The fraction of sp³-hybridized carbons (Fsp3) is 0.250. The van der Waals surface area contributed by atoms with Gasteiger partial charge in [-0.25, -0.2) is 4.98 Å². The Morgan fingerprint density at radius 2 is 1.94 bits per heavy atom. The highest BCUT2D eigenvalue weighted by molar-refractivity contribution is 7.99. The highest BCUT2D eigenvalue weighted by Gasteiger charge is 2.18. The molecule has 2 aromatic carbocycles. The SMILES string of the molecule is COCCn1c(SCCC(=O)NC(c2ccccc2)c2cccs2)nc2ccccc21. The van der Waals surface area contributed by atoms with Gasteiger partial charge < -0.3 is 14.6 Å². The van der Waals surface area contributed by atoms with Crippen LogP contribution in [0.5, 0.6) is 0 Å². The van der Waals surface area contributed by atoms with Crippen LogP contribution < -0.4 is 5.32 Å². The zero-order valence-corrected chi connectivity index (χ0v) is 19.0. The average Bonchev–Trinajstić information content (AvgIpc) is 3.45. The first-order valence-electron chi connectivity index (χ1n) is 10.2. The molecule has 0 bridgehead atoms. The van der Waals surface area contributed by atoms with Crippen molar-refractivity contribution in [3.63, 3.8) is 0 Å². The van der Waals surface area contributed by atoms with Gasteiger partial charge in [-0.2, -0.15) is 0 Å². The first-order chi connectivity index (χ1) is 15.3. The van der Waals surface area contributed by atoms with E-state index in [1.54, 1.807) is 30.2 Å². The summed E-state index contributed by atoms with van der Waals surface area (Å²) in [4.78, 5) is 18.7. The molecule has 2 heterocycles. The number of carbonyl (C=O) groups excluding carboxylic acids is 1. The van der Waals surface area contributed by atoms with Gasteiger partial charge in [0.1, 0.15) is 0 Å². The average molecular weight is 452 g/mol. The third kappa shape index (κ3) is 5.36. The quantitative estimate of drug-likeness (QED) is 0.340. The van der Waals surface area contributed by atoms with Gasteiger partial charge in [0.2, 0.25) is 5.91 Å². The lowest BCUT2D eigenvalue weighted by Gasteiger charge is -2.18. The van der Waals surface area contributed by atoms with Crippen molar-refractivity contribution in [2.24, 2.45) is 0 Å². The standard InChI is InChI=1S/C24H25N3O2S2/c1-29-15-14-27-20-11-6-5-10-19(20)25-24(27)31-17-13-22(28)26-23(21-12-7-16-30-21)18-8-3-2-4-9-18/h2-12,16,23H,13-15,17H2,1H3,(H,26,28). The molecule has 160 valence electrons. The molecule has 0 aliphatic heterocycles. The molecular weight excluding hydrogens is 426 g/mol. The number of hydrogen-bond acceptors (Lipinski definition) is 5. The smallest absolute Gasteiger partial charge is 0.221 e. The largest absolute Gasteiger partial charge is 0.383 e. The maximum Gasteiger partial charge on any atom is 0.221 e. The lowest BCUT2D eigenvalue weighted by Crippen LogP contribution is -2.29. The summed E-state index contributed by atoms with van der Waals surface area (Å²) < 4.78 is 7.43. The number of nitrogens with one attached hydrogen (secondary N) is 1. The van der Waals surface area contributed by atoms with Gasteiger partial charge in [-0.05, 0) is 29.1 Å². The van der Waals surface area contributed by atoms with Gasteiger partial charge in [0, 0.05) is 30.7 Å². The van der Waals surface area contributed by atoms with Gasteiger partial charge >= 0.3 is 0 Å². The normalized spacial score (nSPS) is 12.2. The van der Waals surface area contributed by atoms with E-state index in [2.05, 4.69) is 34.1 Å². The molecule has 1 atom stereocenters. The number of hydrogen-bond donors (Lipinski definition) is 1. The second-order valence-electron chi connectivity index (χ2n) is 7.05. The predicted molar refractivity (Wildman–Crippen MR) is 128 cm³/mol.